The Kier molecular flexibility index (Phi) is 4.74. The molecule has 94 valence electrons. The maximum atomic E-state index is 10.9. The fourth-order valence-corrected chi connectivity index (χ4v) is 2.76. The van der Waals surface area contributed by atoms with Gasteiger partial charge in [0.1, 0.15) is 0 Å². The van der Waals surface area contributed by atoms with Crippen molar-refractivity contribution in [2.24, 2.45) is 0 Å². The monoisotopic (exact) mass is 228 g/mol. The molecule has 1 rings (SSSR count). The minimum absolute atomic E-state index is 0.139. The second kappa shape index (κ2) is 5.64. The summed E-state index contributed by atoms with van der Waals surface area (Å²) in [6, 6.07) is 1.01. The average Bonchev–Trinajstić information content (AvgIpc) is 2.24. The van der Waals surface area contributed by atoms with Gasteiger partial charge in [0.05, 0.1) is 6.42 Å². The van der Waals surface area contributed by atoms with Crippen LogP contribution in [0, 0.1) is 0 Å². The van der Waals surface area contributed by atoms with Gasteiger partial charge < -0.3 is 10.0 Å². The molecule has 2 unspecified atom stereocenters. The summed E-state index contributed by atoms with van der Waals surface area (Å²) in [7, 11) is 2.07. The van der Waals surface area contributed by atoms with Gasteiger partial charge in [0.25, 0.3) is 0 Å². The second-order valence-electron chi connectivity index (χ2n) is 5.19. The molecule has 1 fully saturated rings. The fourth-order valence-electron chi connectivity index (χ4n) is 2.76. The van der Waals surface area contributed by atoms with Crippen molar-refractivity contribution in [3.05, 3.63) is 0 Å². The first-order chi connectivity index (χ1) is 7.41. The Morgan fingerprint density at radius 2 is 2.12 bits per heavy atom. The van der Waals surface area contributed by atoms with Gasteiger partial charge in [0.15, 0.2) is 0 Å². The molecule has 0 aliphatic carbocycles. The zero-order valence-corrected chi connectivity index (χ0v) is 10.8. The number of carboxylic acid groups (broad SMARTS) is 1. The number of hydrogen-bond acceptors (Lipinski definition) is 3. The average molecular weight is 228 g/mol. The Morgan fingerprint density at radius 3 is 2.62 bits per heavy atom. The maximum absolute atomic E-state index is 10.9. The van der Waals surface area contributed by atoms with E-state index < -0.39 is 5.97 Å². The van der Waals surface area contributed by atoms with Crippen LogP contribution in [0.15, 0.2) is 0 Å². The lowest BCUT2D eigenvalue weighted by atomic mass is 10.1. The van der Waals surface area contributed by atoms with Gasteiger partial charge in [0, 0.05) is 24.7 Å². The third-order valence-corrected chi connectivity index (χ3v) is 3.39. The minimum atomic E-state index is -0.696. The normalized spacial score (nSPS) is 29.3. The van der Waals surface area contributed by atoms with Crippen LogP contribution in [-0.4, -0.2) is 59.1 Å². The van der Waals surface area contributed by atoms with Crippen LogP contribution in [-0.2, 0) is 4.79 Å². The predicted octanol–water partition coefficient (Wildman–Crippen LogP) is 1.26. The summed E-state index contributed by atoms with van der Waals surface area (Å²) in [6.45, 7) is 8.41. The third kappa shape index (κ3) is 3.46. The first-order valence-electron chi connectivity index (χ1n) is 6.09. The quantitative estimate of drug-likeness (QED) is 0.790. The summed E-state index contributed by atoms with van der Waals surface area (Å²) in [5.41, 5.74) is 0. The van der Waals surface area contributed by atoms with E-state index in [1.165, 1.54) is 0 Å². The molecule has 0 aromatic carbocycles. The van der Waals surface area contributed by atoms with Gasteiger partial charge in [-0.1, -0.05) is 0 Å². The van der Waals surface area contributed by atoms with E-state index in [-0.39, 0.29) is 12.5 Å². The summed E-state index contributed by atoms with van der Waals surface area (Å²) >= 11 is 0. The van der Waals surface area contributed by atoms with Crippen molar-refractivity contribution >= 4 is 5.97 Å². The molecule has 1 heterocycles. The summed E-state index contributed by atoms with van der Waals surface area (Å²) in [4.78, 5) is 15.5. The van der Waals surface area contributed by atoms with Gasteiger partial charge in [-0.25, -0.2) is 0 Å². The Bertz CT molecular complexity index is 243. The van der Waals surface area contributed by atoms with E-state index in [1.807, 2.05) is 0 Å². The predicted molar refractivity (Wildman–Crippen MR) is 64.6 cm³/mol. The third-order valence-electron chi connectivity index (χ3n) is 3.39. The van der Waals surface area contributed by atoms with Crippen molar-refractivity contribution in [2.45, 2.75) is 51.7 Å². The molecule has 1 aliphatic rings. The standard InChI is InChI=1S/C12H24N2O2/c1-9(2)14-10(3)5-6-13(4)8-11(14)7-12(15)16/h9-11H,5-8H2,1-4H3,(H,15,16). The van der Waals surface area contributed by atoms with E-state index in [0.29, 0.717) is 12.1 Å². The molecule has 0 spiro atoms. The molecule has 1 N–H and O–H groups in total. The summed E-state index contributed by atoms with van der Waals surface area (Å²) in [5, 5.41) is 8.98. The van der Waals surface area contributed by atoms with Gasteiger partial charge in [0.2, 0.25) is 0 Å². The highest BCUT2D eigenvalue weighted by molar-refractivity contribution is 5.67. The number of hydrogen-bond donors (Lipinski definition) is 1. The molecule has 0 aromatic rings. The van der Waals surface area contributed by atoms with Crippen molar-refractivity contribution in [1.82, 2.24) is 9.80 Å². The molecule has 0 saturated carbocycles. The van der Waals surface area contributed by atoms with Crippen LogP contribution < -0.4 is 0 Å². The molecule has 0 aromatic heterocycles. The highest BCUT2D eigenvalue weighted by Gasteiger charge is 2.31. The molecular weight excluding hydrogens is 204 g/mol. The van der Waals surface area contributed by atoms with E-state index >= 15 is 0 Å². The molecule has 4 heteroatoms. The Balaban J connectivity index is 2.81. The van der Waals surface area contributed by atoms with Gasteiger partial charge >= 0.3 is 5.97 Å². The smallest absolute Gasteiger partial charge is 0.304 e. The first kappa shape index (κ1) is 13.5. The lowest BCUT2D eigenvalue weighted by Gasteiger charge is -2.37. The second-order valence-corrected chi connectivity index (χ2v) is 5.19. The highest BCUT2D eigenvalue weighted by atomic mass is 16.4. The summed E-state index contributed by atoms with van der Waals surface area (Å²) in [5.74, 6) is -0.696. The SMILES string of the molecule is CC(C)N1C(C)CCN(C)CC1CC(=O)O. The Morgan fingerprint density at radius 1 is 1.50 bits per heavy atom. The van der Waals surface area contributed by atoms with Crippen molar-refractivity contribution in [3.63, 3.8) is 0 Å². The van der Waals surface area contributed by atoms with Crippen molar-refractivity contribution in [1.29, 1.82) is 0 Å². The number of nitrogens with zero attached hydrogens (tertiary/aromatic N) is 2. The number of rotatable bonds is 3. The van der Waals surface area contributed by atoms with Crippen LogP contribution in [0.1, 0.15) is 33.6 Å². The highest BCUT2D eigenvalue weighted by Crippen LogP contribution is 2.20. The van der Waals surface area contributed by atoms with Gasteiger partial charge in [-0.15, -0.1) is 0 Å². The molecule has 1 saturated heterocycles. The van der Waals surface area contributed by atoms with Gasteiger partial charge in [-0.05, 0) is 40.8 Å². The van der Waals surface area contributed by atoms with Crippen LogP contribution in [0.4, 0.5) is 0 Å². The Hall–Kier alpha value is -0.610. The number of carbonyl (C=O) groups is 1. The molecule has 2 atom stereocenters. The molecule has 4 nitrogen and oxygen atoms in total. The van der Waals surface area contributed by atoms with E-state index in [9.17, 15) is 4.79 Å². The van der Waals surface area contributed by atoms with E-state index in [2.05, 4.69) is 37.6 Å². The first-order valence-corrected chi connectivity index (χ1v) is 6.09. The number of aliphatic carboxylic acids is 1. The fraction of sp³-hybridized carbons (Fsp3) is 0.917. The van der Waals surface area contributed by atoms with Crippen LogP contribution >= 0.6 is 0 Å². The van der Waals surface area contributed by atoms with Crippen molar-refractivity contribution < 1.29 is 9.90 Å². The molecule has 1 aliphatic heterocycles. The molecule has 0 amide bonds. The topological polar surface area (TPSA) is 43.8 Å². The molecular formula is C12H24N2O2. The largest absolute Gasteiger partial charge is 0.481 e. The zero-order valence-electron chi connectivity index (χ0n) is 10.8. The van der Waals surface area contributed by atoms with Gasteiger partial charge in [-0.2, -0.15) is 0 Å². The Labute approximate surface area is 98.2 Å². The summed E-state index contributed by atoms with van der Waals surface area (Å²) in [6.07, 6.45) is 1.36. The van der Waals surface area contributed by atoms with E-state index in [4.69, 9.17) is 5.11 Å². The van der Waals surface area contributed by atoms with E-state index in [1.54, 1.807) is 0 Å². The minimum Gasteiger partial charge on any atom is -0.481 e. The van der Waals surface area contributed by atoms with Crippen LogP contribution in [0.5, 0.6) is 0 Å². The zero-order chi connectivity index (χ0) is 12.3. The molecule has 16 heavy (non-hydrogen) atoms. The lowest BCUT2D eigenvalue weighted by Crippen LogP contribution is -2.48. The molecule has 0 bridgehead atoms. The van der Waals surface area contributed by atoms with Crippen LogP contribution in [0.2, 0.25) is 0 Å². The number of carboxylic acids is 1. The van der Waals surface area contributed by atoms with Crippen molar-refractivity contribution in [2.75, 3.05) is 20.1 Å². The van der Waals surface area contributed by atoms with Crippen LogP contribution in [0.3, 0.4) is 0 Å². The van der Waals surface area contributed by atoms with Crippen LogP contribution in [0.25, 0.3) is 0 Å². The molecule has 0 radical (unpaired) electrons. The summed E-state index contributed by atoms with van der Waals surface area (Å²) < 4.78 is 0. The number of likely N-dealkylation sites (N-methyl/N-ethyl adjacent to an activating group) is 1. The van der Waals surface area contributed by atoms with Crippen molar-refractivity contribution in [3.8, 4) is 0 Å². The van der Waals surface area contributed by atoms with Gasteiger partial charge in [-0.3, -0.25) is 9.69 Å². The maximum Gasteiger partial charge on any atom is 0.304 e. The lowest BCUT2D eigenvalue weighted by molar-refractivity contribution is -0.138. The van der Waals surface area contributed by atoms with E-state index in [0.717, 1.165) is 19.5 Å².